The van der Waals surface area contributed by atoms with Gasteiger partial charge in [-0.3, -0.25) is 4.79 Å². The van der Waals surface area contributed by atoms with E-state index in [9.17, 15) is 26.4 Å². The third-order valence-electron chi connectivity index (χ3n) is 3.35. The van der Waals surface area contributed by atoms with Crippen LogP contribution < -0.4 is 10.5 Å². The highest BCUT2D eigenvalue weighted by atomic mass is 32.2. The van der Waals surface area contributed by atoms with Crippen molar-refractivity contribution in [1.82, 2.24) is 0 Å². The quantitative estimate of drug-likeness (QED) is 0.612. The zero-order valence-corrected chi connectivity index (χ0v) is 14.3. The van der Waals surface area contributed by atoms with Gasteiger partial charge < -0.3 is 5.32 Å². The van der Waals surface area contributed by atoms with E-state index in [4.69, 9.17) is 10.4 Å². The van der Waals surface area contributed by atoms with Gasteiger partial charge in [-0.15, -0.1) is 0 Å². The number of rotatable bonds is 4. The minimum atomic E-state index is -4.49. The number of nitrogens with zero attached hydrogens (tertiary/aromatic N) is 1. The van der Waals surface area contributed by atoms with Crippen molar-refractivity contribution in [3.05, 3.63) is 65.2 Å². The number of nitrogens with two attached hydrogens (primary N) is 1. The van der Waals surface area contributed by atoms with E-state index < -0.39 is 27.7 Å². The van der Waals surface area contributed by atoms with E-state index in [0.717, 1.165) is 30.3 Å². The van der Waals surface area contributed by atoms with Crippen LogP contribution >= 0.6 is 0 Å². The van der Waals surface area contributed by atoms with Crippen LogP contribution in [0.2, 0.25) is 0 Å². The van der Waals surface area contributed by atoms with Crippen molar-refractivity contribution < 1.29 is 26.4 Å². The molecular weight excluding hydrogens is 383 g/mol. The summed E-state index contributed by atoms with van der Waals surface area (Å²) < 4.78 is 60.0. The number of anilines is 1. The molecule has 0 aliphatic carbocycles. The average molecular weight is 395 g/mol. The first kappa shape index (κ1) is 20.2. The van der Waals surface area contributed by atoms with Crippen molar-refractivity contribution >= 4 is 27.7 Å². The first-order valence-corrected chi connectivity index (χ1v) is 8.78. The summed E-state index contributed by atoms with van der Waals surface area (Å²) in [6.45, 7) is 0. The molecule has 10 heteroatoms. The molecule has 0 aromatic heterocycles. The summed E-state index contributed by atoms with van der Waals surface area (Å²) in [6.07, 6.45) is -3.35. The fourth-order valence-electron chi connectivity index (χ4n) is 2.01. The number of nitriles is 1. The second-order valence-corrected chi connectivity index (χ2v) is 6.87. The highest BCUT2D eigenvalue weighted by molar-refractivity contribution is 7.89. The smallest absolute Gasteiger partial charge is 0.321 e. The van der Waals surface area contributed by atoms with Crippen LogP contribution in [0.25, 0.3) is 6.08 Å². The molecule has 0 fully saturated rings. The molecule has 0 spiro atoms. The van der Waals surface area contributed by atoms with Crippen molar-refractivity contribution in [2.75, 3.05) is 5.32 Å². The SMILES string of the molecule is N#C/C(=C\c1ccc(C(F)(F)F)cc1)C(=O)Nc1ccc(S(N)(=O)=O)cc1. The fourth-order valence-corrected chi connectivity index (χ4v) is 2.53. The van der Waals surface area contributed by atoms with Crippen LogP contribution in [-0.4, -0.2) is 14.3 Å². The van der Waals surface area contributed by atoms with Gasteiger partial charge in [-0.2, -0.15) is 18.4 Å². The van der Waals surface area contributed by atoms with Crippen molar-refractivity contribution in [2.24, 2.45) is 5.14 Å². The third-order valence-corrected chi connectivity index (χ3v) is 4.28. The molecule has 0 heterocycles. The van der Waals surface area contributed by atoms with Crippen molar-refractivity contribution in [3.8, 4) is 6.07 Å². The van der Waals surface area contributed by atoms with Gasteiger partial charge in [-0.1, -0.05) is 12.1 Å². The lowest BCUT2D eigenvalue weighted by atomic mass is 10.1. The molecule has 0 aliphatic rings. The normalized spacial score (nSPS) is 12.3. The molecule has 0 aliphatic heterocycles. The molecule has 0 saturated carbocycles. The second-order valence-electron chi connectivity index (χ2n) is 5.31. The summed E-state index contributed by atoms with van der Waals surface area (Å²) in [6, 6.07) is 10.5. The lowest BCUT2D eigenvalue weighted by Crippen LogP contribution is -2.14. The number of halogens is 3. The van der Waals surface area contributed by atoms with Crippen LogP contribution in [0.4, 0.5) is 18.9 Å². The Morgan fingerprint density at radius 3 is 2.07 bits per heavy atom. The molecule has 140 valence electrons. The molecule has 6 nitrogen and oxygen atoms in total. The Hall–Kier alpha value is -3.16. The summed E-state index contributed by atoms with van der Waals surface area (Å²) in [4.78, 5) is 12.0. The zero-order chi connectivity index (χ0) is 20.2. The van der Waals surface area contributed by atoms with Gasteiger partial charge in [-0.25, -0.2) is 13.6 Å². The third kappa shape index (κ3) is 5.40. The van der Waals surface area contributed by atoms with Crippen LogP contribution in [0.3, 0.4) is 0 Å². The largest absolute Gasteiger partial charge is 0.416 e. The van der Waals surface area contributed by atoms with Gasteiger partial charge in [0, 0.05) is 5.69 Å². The van der Waals surface area contributed by atoms with Gasteiger partial charge in [-0.05, 0) is 48.0 Å². The van der Waals surface area contributed by atoms with Crippen LogP contribution in [0.1, 0.15) is 11.1 Å². The molecule has 27 heavy (non-hydrogen) atoms. The molecule has 2 aromatic carbocycles. The van der Waals surface area contributed by atoms with Gasteiger partial charge >= 0.3 is 6.18 Å². The van der Waals surface area contributed by atoms with E-state index in [1.165, 1.54) is 24.3 Å². The first-order valence-electron chi connectivity index (χ1n) is 7.24. The van der Waals surface area contributed by atoms with E-state index in [2.05, 4.69) is 5.32 Å². The van der Waals surface area contributed by atoms with Crippen molar-refractivity contribution in [2.45, 2.75) is 11.1 Å². The molecule has 1 amide bonds. The number of benzene rings is 2. The monoisotopic (exact) mass is 395 g/mol. The number of amides is 1. The lowest BCUT2D eigenvalue weighted by molar-refractivity contribution is -0.137. The summed E-state index contributed by atoms with van der Waals surface area (Å²) in [5, 5.41) is 16.5. The van der Waals surface area contributed by atoms with E-state index in [1.54, 1.807) is 6.07 Å². The highest BCUT2D eigenvalue weighted by Gasteiger charge is 2.29. The van der Waals surface area contributed by atoms with Crippen LogP contribution in [0.15, 0.2) is 59.0 Å². The van der Waals surface area contributed by atoms with E-state index >= 15 is 0 Å². The Morgan fingerprint density at radius 2 is 1.63 bits per heavy atom. The molecule has 0 radical (unpaired) electrons. The van der Waals surface area contributed by atoms with E-state index in [1.807, 2.05) is 0 Å². The van der Waals surface area contributed by atoms with Crippen LogP contribution in [-0.2, 0) is 21.0 Å². The maximum Gasteiger partial charge on any atom is 0.416 e. The molecule has 0 bridgehead atoms. The predicted octanol–water partition coefficient (Wildman–Crippen LogP) is 2.90. The van der Waals surface area contributed by atoms with Gasteiger partial charge in [0.15, 0.2) is 0 Å². The Kier molecular flexibility index (Phi) is 5.68. The summed E-state index contributed by atoms with van der Waals surface area (Å²) in [7, 11) is -3.88. The van der Waals surface area contributed by atoms with Gasteiger partial charge in [0.2, 0.25) is 10.0 Å². The molecule has 2 aromatic rings. The molecule has 0 saturated heterocycles. The number of sulfonamides is 1. The number of carbonyl (C=O) groups is 1. The predicted molar refractivity (Wildman–Crippen MR) is 91.5 cm³/mol. The van der Waals surface area contributed by atoms with Crippen molar-refractivity contribution in [1.29, 1.82) is 5.26 Å². The minimum Gasteiger partial charge on any atom is -0.321 e. The average Bonchev–Trinajstić information content (AvgIpc) is 2.59. The topological polar surface area (TPSA) is 113 Å². The Bertz CT molecular complexity index is 1020. The van der Waals surface area contributed by atoms with E-state index in [-0.39, 0.29) is 21.7 Å². The minimum absolute atomic E-state index is 0.152. The number of hydrogen-bond donors (Lipinski definition) is 2. The van der Waals surface area contributed by atoms with E-state index in [0.29, 0.717) is 0 Å². The Labute approximate surface area is 152 Å². The first-order chi connectivity index (χ1) is 12.5. The van der Waals surface area contributed by atoms with Gasteiger partial charge in [0.25, 0.3) is 5.91 Å². The van der Waals surface area contributed by atoms with Crippen LogP contribution in [0.5, 0.6) is 0 Å². The van der Waals surface area contributed by atoms with Gasteiger partial charge in [0.05, 0.1) is 10.5 Å². The Morgan fingerprint density at radius 1 is 1.07 bits per heavy atom. The lowest BCUT2D eigenvalue weighted by Gasteiger charge is -2.07. The van der Waals surface area contributed by atoms with Crippen LogP contribution in [0, 0.1) is 11.3 Å². The molecular formula is C17H12F3N3O3S. The molecule has 3 N–H and O–H groups in total. The number of nitrogens with one attached hydrogen (secondary N) is 1. The molecule has 0 unspecified atom stereocenters. The maximum atomic E-state index is 12.5. The molecule has 2 rings (SSSR count). The maximum absolute atomic E-state index is 12.5. The summed E-state index contributed by atoms with van der Waals surface area (Å²) >= 11 is 0. The number of carbonyl (C=O) groups excluding carboxylic acids is 1. The second kappa shape index (κ2) is 7.61. The zero-order valence-electron chi connectivity index (χ0n) is 13.5. The van der Waals surface area contributed by atoms with Gasteiger partial charge in [0.1, 0.15) is 11.6 Å². The standard InChI is InChI=1S/C17H12F3N3O3S/c18-17(19,20)13-3-1-11(2-4-13)9-12(10-21)16(24)23-14-5-7-15(8-6-14)27(22,25)26/h1-9H,(H,23,24)(H2,22,25,26)/b12-9+. The molecule has 0 atom stereocenters. The Balaban J connectivity index is 2.18. The number of hydrogen-bond acceptors (Lipinski definition) is 4. The number of alkyl halides is 3. The summed E-state index contributed by atoms with van der Waals surface area (Å²) in [5.41, 5.74) is -0.747. The summed E-state index contributed by atoms with van der Waals surface area (Å²) in [5.74, 6) is -0.805. The number of primary sulfonamides is 1. The fraction of sp³-hybridized carbons (Fsp3) is 0.0588. The van der Waals surface area contributed by atoms with Crippen molar-refractivity contribution in [3.63, 3.8) is 0 Å². The highest BCUT2D eigenvalue weighted by Crippen LogP contribution is 2.29.